The van der Waals surface area contributed by atoms with Crippen molar-refractivity contribution in [1.29, 1.82) is 0 Å². The van der Waals surface area contributed by atoms with E-state index >= 15 is 0 Å². The van der Waals surface area contributed by atoms with Gasteiger partial charge in [0.1, 0.15) is 11.5 Å². The summed E-state index contributed by atoms with van der Waals surface area (Å²) < 4.78 is 24.8. The molecule has 0 aliphatic carbocycles. The zero-order chi connectivity index (χ0) is 15.3. The second-order valence-electron chi connectivity index (χ2n) is 4.64. The Balaban J connectivity index is 0.00000144. The molecule has 0 saturated heterocycles. The van der Waals surface area contributed by atoms with E-state index in [2.05, 4.69) is 0 Å². The van der Waals surface area contributed by atoms with Crippen molar-refractivity contribution in [3.63, 3.8) is 0 Å². The first kappa shape index (κ1) is 17.4. The van der Waals surface area contributed by atoms with E-state index in [1.165, 1.54) is 0 Å². The average molecular weight is 318 g/mol. The van der Waals surface area contributed by atoms with Gasteiger partial charge in [0.05, 0.1) is 5.30 Å². The van der Waals surface area contributed by atoms with Gasteiger partial charge in [-0.2, -0.15) is 0 Å². The smallest absolute Gasteiger partial charge is 1.00 e. The summed E-state index contributed by atoms with van der Waals surface area (Å²) in [5.74, 6) is 1.01. The zero-order valence-electron chi connectivity index (χ0n) is 13.8. The molecule has 0 aliphatic rings. The van der Waals surface area contributed by atoms with Crippen LogP contribution in [0.3, 0.4) is 0 Å². The Bertz CT molecular complexity index is 725. The summed E-state index contributed by atoms with van der Waals surface area (Å²) in [5.41, 5.74) is 0. The van der Waals surface area contributed by atoms with Gasteiger partial charge < -0.3 is 10.5 Å². The third kappa shape index (κ3) is 4.53. The number of hydrogen-bond acceptors (Lipinski definition) is 3. The van der Waals surface area contributed by atoms with Gasteiger partial charge >= 0.3 is 26.5 Å². The molecule has 3 aromatic rings. The van der Waals surface area contributed by atoms with Crippen LogP contribution < -0.4 is 33.2 Å². The fourth-order valence-electron chi connectivity index (χ4n) is 1.97. The fourth-order valence-corrected chi connectivity index (χ4v) is 3.56. The number of benzene rings is 3. The Kier molecular flexibility index (Phi) is 6.13. The molecule has 0 spiro atoms. The van der Waals surface area contributed by atoms with E-state index in [1.54, 1.807) is 36.4 Å². The molecule has 3 aromatic carbocycles. The summed E-state index contributed by atoms with van der Waals surface area (Å²) in [6, 6.07) is 27.0. The van der Waals surface area contributed by atoms with Crippen molar-refractivity contribution in [3.8, 4) is 11.5 Å². The summed E-state index contributed by atoms with van der Waals surface area (Å²) in [5, 5.41) is 0.516. The molecule has 0 heterocycles. The second kappa shape index (κ2) is 8.08. The maximum absolute atomic E-state index is 13.3. The standard InChI is InChI=1S/C18H15O3P.Li.H/c19-22(18-14-8-3-9-15-18,20-16-10-4-1-5-11-16)21-17-12-6-2-7-13-17;;/h1-15H;;/q;+1;-1. The quantitative estimate of drug-likeness (QED) is 0.531. The molecule has 3 rings (SSSR count). The average Bonchev–Trinajstić information content (AvgIpc) is 2.57. The maximum atomic E-state index is 13.3. The van der Waals surface area contributed by atoms with Gasteiger partial charge in [-0.25, -0.2) is 4.57 Å². The van der Waals surface area contributed by atoms with E-state index in [1.807, 2.05) is 54.6 Å². The summed E-state index contributed by atoms with van der Waals surface area (Å²) in [6.07, 6.45) is 0. The van der Waals surface area contributed by atoms with Crippen LogP contribution in [0.5, 0.6) is 11.5 Å². The van der Waals surface area contributed by atoms with Gasteiger partial charge in [0.15, 0.2) is 0 Å². The van der Waals surface area contributed by atoms with Crippen LogP contribution in [-0.4, -0.2) is 0 Å². The van der Waals surface area contributed by atoms with Crippen molar-refractivity contribution < 1.29 is 33.9 Å². The SMILES string of the molecule is O=P(Oc1ccccc1)(Oc1ccccc1)c1ccccc1.[H-].[Li+]. The van der Waals surface area contributed by atoms with E-state index in [0.717, 1.165) is 0 Å². The Labute approximate surface area is 149 Å². The minimum Gasteiger partial charge on any atom is -1.00 e. The van der Waals surface area contributed by atoms with E-state index in [-0.39, 0.29) is 20.3 Å². The summed E-state index contributed by atoms with van der Waals surface area (Å²) in [4.78, 5) is 0. The molecule has 0 fully saturated rings. The van der Waals surface area contributed by atoms with Crippen molar-refractivity contribution >= 4 is 12.9 Å². The molecule has 0 aromatic heterocycles. The molecule has 0 saturated carbocycles. The van der Waals surface area contributed by atoms with E-state index < -0.39 is 7.60 Å². The Morgan fingerprint density at radius 2 is 0.957 bits per heavy atom. The summed E-state index contributed by atoms with van der Waals surface area (Å²) >= 11 is 0. The van der Waals surface area contributed by atoms with Crippen molar-refractivity contribution in [1.82, 2.24) is 0 Å². The van der Waals surface area contributed by atoms with E-state index in [9.17, 15) is 4.57 Å². The first-order chi connectivity index (χ1) is 10.8. The Hall–Kier alpha value is -1.91. The number of hydrogen-bond donors (Lipinski definition) is 0. The second-order valence-corrected chi connectivity index (χ2v) is 6.52. The van der Waals surface area contributed by atoms with Gasteiger partial charge in [0.25, 0.3) is 0 Å². The minimum absolute atomic E-state index is 0. The van der Waals surface area contributed by atoms with Gasteiger partial charge in [-0.1, -0.05) is 54.6 Å². The van der Waals surface area contributed by atoms with E-state index in [0.29, 0.717) is 16.8 Å². The minimum atomic E-state index is -3.52. The molecule has 23 heavy (non-hydrogen) atoms. The fraction of sp³-hybridized carbons (Fsp3) is 0. The van der Waals surface area contributed by atoms with Crippen LogP contribution >= 0.6 is 7.60 Å². The molecular formula is C18H16LiO3P. The third-order valence-corrected chi connectivity index (χ3v) is 4.84. The normalized spacial score (nSPS) is 10.4. The monoisotopic (exact) mass is 318 g/mol. The Morgan fingerprint density at radius 3 is 1.35 bits per heavy atom. The summed E-state index contributed by atoms with van der Waals surface area (Å²) in [7, 11) is -3.52. The van der Waals surface area contributed by atoms with Crippen molar-refractivity contribution in [2.75, 3.05) is 0 Å². The molecule has 0 aliphatic heterocycles. The molecular weight excluding hydrogens is 302 g/mol. The van der Waals surface area contributed by atoms with E-state index in [4.69, 9.17) is 9.05 Å². The molecule has 0 unspecified atom stereocenters. The van der Waals surface area contributed by atoms with Crippen LogP contribution in [0.2, 0.25) is 0 Å². The zero-order valence-corrected chi connectivity index (χ0v) is 13.7. The molecule has 5 heteroatoms. The van der Waals surface area contributed by atoms with Gasteiger partial charge in [-0.15, -0.1) is 0 Å². The topological polar surface area (TPSA) is 35.5 Å². The first-order valence-electron chi connectivity index (χ1n) is 6.91. The Morgan fingerprint density at radius 1 is 0.609 bits per heavy atom. The van der Waals surface area contributed by atoms with Crippen LogP contribution in [-0.2, 0) is 4.57 Å². The molecule has 112 valence electrons. The molecule has 3 nitrogen and oxygen atoms in total. The van der Waals surface area contributed by atoms with Crippen molar-refractivity contribution in [3.05, 3.63) is 91.0 Å². The molecule has 0 bridgehead atoms. The molecule has 0 amide bonds. The van der Waals surface area contributed by atoms with Crippen LogP contribution in [0.25, 0.3) is 0 Å². The predicted octanol–water partition coefficient (Wildman–Crippen LogP) is 1.78. The van der Waals surface area contributed by atoms with Gasteiger partial charge in [-0.3, -0.25) is 0 Å². The predicted molar refractivity (Wildman–Crippen MR) is 88.9 cm³/mol. The van der Waals surface area contributed by atoms with Gasteiger partial charge in [0.2, 0.25) is 0 Å². The van der Waals surface area contributed by atoms with Crippen LogP contribution in [0.15, 0.2) is 91.0 Å². The van der Waals surface area contributed by atoms with Crippen LogP contribution in [0, 0.1) is 0 Å². The number of para-hydroxylation sites is 2. The largest absolute Gasteiger partial charge is 1.00 e. The maximum Gasteiger partial charge on any atom is 1.00 e. The van der Waals surface area contributed by atoms with Crippen LogP contribution in [0.4, 0.5) is 0 Å². The van der Waals surface area contributed by atoms with Gasteiger partial charge in [0, 0.05) is 0 Å². The molecule has 0 N–H and O–H groups in total. The van der Waals surface area contributed by atoms with Crippen molar-refractivity contribution in [2.45, 2.75) is 0 Å². The summed E-state index contributed by atoms with van der Waals surface area (Å²) in [6.45, 7) is 0. The van der Waals surface area contributed by atoms with Crippen LogP contribution in [0.1, 0.15) is 1.43 Å². The molecule has 0 radical (unpaired) electrons. The van der Waals surface area contributed by atoms with Crippen molar-refractivity contribution in [2.24, 2.45) is 0 Å². The first-order valence-corrected chi connectivity index (χ1v) is 8.45. The van der Waals surface area contributed by atoms with Gasteiger partial charge in [-0.05, 0) is 36.4 Å². The number of rotatable bonds is 5. The third-order valence-electron chi connectivity index (χ3n) is 3.01. The molecule has 0 atom stereocenters.